The van der Waals surface area contributed by atoms with Crippen molar-refractivity contribution < 1.29 is 23.6 Å². The lowest BCUT2D eigenvalue weighted by Crippen LogP contribution is -2.51. The van der Waals surface area contributed by atoms with Crippen molar-refractivity contribution in [1.29, 1.82) is 0 Å². The highest BCUT2D eigenvalue weighted by molar-refractivity contribution is 5.96. The van der Waals surface area contributed by atoms with Crippen LogP contribution in [0.4, 0.5) is 0 Å². The van der Waals surface area contributed by atoms with Gasteiger partial charge in [-0.05, 0) is 45.4 Å². The molecule has 0 aliphatic carbocycles. The molecule has 4 rings (SSSR count). The molecule has 1 unspecified atom stereocenters. The summed E-state index contributed by atoms with van der Waals surface area (Å²) in [6, 6.07) is 0. The van der Waals surface area contributed by atoms with Crippen molar-refractivity contribution in [3.63, 3.8) is 0 Å². The molecule has 8 nitrogen and oxygen atoms in total. The maximum Gasteiger partial charge on any atom is 0.259 e. The zero-order chi connectivity index (χ0) is 20.4. The third-order valence-corrected chi connectivity index (χ3v) is 6.63. The largest absolute Gasteiger partial charge is 0.378 e. The van der Waals surface area contributed by atoms with Crippen molar-refractivity contribution in [3.05, 3.63) is 17.0 Å². The number of piperidine rings is 1. The van der Waals surface area contributed by atoms with Crippen LogP contribution in [0.3, 0.4) is 0 Å². The third kappa shape index (κ3) is 4.33. The van der Waals surface area contributed by atoms with E-state index in [1.807, 2.05) is 9.80 Å². The second-order valence-electron chi connectivity index (χ2n) is 8.58. The van der Waals surface area contributed by atoms with Crippen LogP contribution in [0.25, 0.3) is 0 Å². The molecule has 1 aromatic rings. The first-order valence-corrected chi connectivity index (χ1v) is 10.7. The van der Waals surface area contributed by atoms with Gasteiger partial charge in [-0.25, -0.2) is 0 Å². The van der Waals surface area contributed by atoms with Gasteiger partial charge in [-0.3, -0.25) is 9.59 Å². The number of amides is 2. The Labute approximate surface area is 171 Å². The molecule has 1 spiro atoms. The number of carbonyl (C=O) groups excluding carboxylic acids is 2. The predicted molar refractivity (Wildman–Crippen MR) is 105 cm³/mol. The van der Waals surface area contributed by atoms with Crippen LogP contribution in [0, 0.1) is 19.8 Å². The fourth-order valence-electron chi connectivity index (χ4n) is 4.90. The molecule has 0 aromatic carbocycles. The number of likely N-dealkylation sites (tertiary alicyclic amines) is 1. The number of hydrogen-bond donors (Lipinski definition) is 0. The monoisotopic (exact) mass is 405 g/mol. The number of hydrogen-bond acceptors (Lipinski definition) is 6. The Morgan fingerprint density at radius 2 is 1.79 bits per heavy atom. The second-order valence-corrected chi connectivity index (χ2v) is 8.58. The van der Waals surface area contributed by atoms with Crippen LogP contribution in [-0.4, -0.2) is 78.4 Å². The molecule has 8 heteroatoms. The normalized spacial score (nSPS) is 24.7. The summed E-state index contributed by atoms with van der Waals surface area (Å²) in [7, 11) is 0. The number of aromatic nitrogens is 1. The average molecular weight is 405 g/mol. The Bertz CT molecular complexity index is 728. The summed E-state index contributed by atoms with van der Waals surface area (Å²) in [6.45, 7) is 8.27. The Balaban J connectivity index is 1.33. The number of aryl methyl sites for hydroxylation is 2. The van der Waals surface area contributed by atoms with Crippen LogP contribution >= 0.6 is 0 Å². The van der Waals surface area contributed by atoms with Gasteiger partial charge in [0.2, 0.25) is 5.91 Å². The second kappa shape index (κ2) is 8.44. The molecule has 2 amide bonds. The van der Waals surface area contributed by atoms with Gasteiger partial charge in [0.05, 0.1) is 24.5 Å². The Kier molecular flexibility index (Phi) is 5.92. The van der Waals surface area contributed by atoms with E-state index in [0.29, 0.717) is 75.4 Å². The zero-order valence-electron chi connectivity index (χ0n) is 17.4. The standard InChI is InChI=1S/C21H31N3O5/c1-15-19(16(2)29-22-15)20(26)24-6-4-21(5-7-24)14-17(3-10-28-21)13-18(25)23-8-11-27-12-9-23/h17H,3-14H2,1-2H3. The highest BCUT2D eigenvalue weighted by Gasteiger charge is 2.42. The minimum Gasteiger partial charge on any atom is -0.378 e. The van der Waals surface area contributed by atoms with E-state index in [0.717, 1.165) is 25.7 Å². The van der Waals surface area contributed by atoms with Gasteiger partial charge >= 0.3 is 0 Å². The lowest BCUT2D eigenvalue weighted by Gasteiger charge is -2.46. The molecule has 0 N–H and O–H groups in total. The number of nitrogens with zero attached hydrogens (tertiary/aromatic N) is 3. The molecule has 3 saturated heterocycles. The van der Waals surface area contributed by atoms with Crippen molar-refractivity contribution >= 4 is 11.8 Å². The topological polar surface area (TPSA) is 85.1 Å². The van der Waals surface area contributed by atoms with Gasteiger partial charge in [0.1, 0.15) is 11.3 Å². The smallest absolute Gasteiger partial charge is 0.259 e. The van der Waals surface area contributed by atoms with E-state index in [9.17, 15) is 9.59 Å². The first-order chi connectivity index (χ1) is 14.0. The SMILES string of the molecule is Cc1noc(C)c1C(=O)N1CCC2(CC1)CC(CC(=O)N1CCOCC1)CCO2. The van der Waals surface area contributed by atoms with Gasteiger partial charge in [0.25, 0.3) is 5.91 Å². The van der Waals surface area contributed by atoms with Crippen LogP contribution in [0.1, 0.15) is 53.9 Å². The minimum absolute atomic E-state index is 0.00838. The Morgan fingerprint density at radius 1 is 1.07 bits per heavy atom. The van der Waals surface area contributed by atoms with Gasteiger partial charge in [0, 0.05) is 39.2 Å². The minimum atomic E-state index is -0.205. The van der Waals surface area contributed by atoms with E-state index in [2.05, 4.69) is 5.16 Å². The van der Waals surface area contributed by atoms with Gasteiger partial charge in [0.15, 0.2) is 0 Å². The van der Waals surface area contributed by atoms with Crippen molar-refractivity contribution in [2.75, 3.05) is 46.0 Å². The molecule has 29 heavy (non-hydrogen) atoms. The van der Waals surface area contributed by atoms with E-state index in [-0.39, 0.29) is 17.4 Å². The molecular weight excluding hydrogens is 374 g/mol. The summed E-state index contributed by atoms with van der Waals surface area (Å²) in [5, 5.41) is 3.90. The van der Waals surface area contributed by atoms with Crippen LogP contribution in [0.2, 0.25) is 0 Å². The zero-order valence-corrected chi connectivity index (χ0v) is 17.4. The molecule has 3 fully saturated rings. The van der Waals surface area contributed by atoms with Crippen molar-refractivity contribution in [2.45, 2.75) is 51.6 Å². The first kappa shape index (κ1) is 20.3. The molecule has 3 aliphatic heterocycles. The van der Waals surface area contributed by atoms with Crippen LogP contribution in [0.15, 0.2) is 4.52 Å². The van der Waals surface area contributed by atoms with Crippen LogP contribution in [0.5, 0.6) is 0 Å². The van der Waals surface area contributed by atoms with Crippen LogP contribution < -0.4 is 0 Å². The van der Waals surface area contributed by atoms with E-state index in [1.54, 1.807) is 13.8 Å². The molecule has 1 atom stereocenters. The number of ether oxygens (including phenoxy) is 2. The summed E-state index contributed by atoms with van der Waals surface area (Å²) < 4.78 is 16.7. The summed E-state index contributed by atoms with van der Waals surface area (Å²) >= 11 is 0. The van der Waals surface area contributed by atoms with Gasteiger partial charge < -0.3 is 23.8 Å². The molecule has 1 aromatic heterocycles. The van der Waals surface area contributed by atoms with Crippen molar-refractivity contribution in [1.82, 2.24) is 15.0 Å². The Morgan fingerprint density at radius 3 is 2.45 bits per heavy atom. The van der Waals surface area contributed by atoms with E-state index in [4.69, 9.17) is 14.0 Å². The average Bonchev–Trinajstić information content (AvgIpc) is 3.07. The molecule has 4 heterocycles. The van der Waals surface area contributed by atoms with Crippen LogP contribution in [-0.2, 0) is 14.3 Å². The number of rotatable bonds is 3. The highest BCUT2D eigenvalue weighted by atomic mass is 16.5. The van der Waals surface area contributed by atoms with E-state index in [1.165, 1.54) is 0 Å². The maximum absolute atomic E-state index is 12.9. The van der Waals surface area contributed by atoms with Gasteiger partial charge in [-0.15, -0.1) is 0 Å². The Hall–Kier alpha value is -1.93. The molecule has 0 radical (unpaired) electrons. The lowest BCUT2D eigenvalue weighted by molar-refractivity contribution is -0.143. The van der Waals surface area contributed by atoms with E-state index >= 15 is 0 Å². The van der Waals surface area contributed by atoms with Crippen molar-refractivity contribution in [2.24, 2.45) is 5.92 Å². The summed E-state index contributed by atoms with van der Waals surface area (Å²) in [6.07, 6.45) is 4.04. The molecule has 3 aliphatic rings. The number of carbonyl (C=O) groups is 2. The summed E-state index contributed by atoms with van der Waals surface area (Å²) in [5.41, 5.74) is 1.02. The van der Waals surface area contributed by atoms with Gasteiger partial charge in [-0.2, -0.15) is 0 Å². The summed E-state index contributed by atoms with van der Waals surface area (Å²) in [4.78, 5) is 29.3. The van der Waals surface area contributed by atoms with Gasteiger partial charge in [-0.1, -0.05) is 5.16 Å². The lowest BCUT2D eigenvalue weighted by atomic mass is 9.78. The fourth-order valence-corrected chi connectivity index (χ4v) is 4.90. The fraction of sp³-hybridized carbons (Fsp3) is 0.762. The molecule has 0 saturated carbocycles. The third-order valence-electron chi connectivity index (χ3n) is 6.63. The number of morpholine rings is 1. The molecule has 160 valence electrons. The molecule has 0 bridgehead atoms. The quantitative estimate of drug-likeness (QED) is 0.764. The van der Waals surface area contributed by atoms with Crippen molar-refractivity contribution in [3.8, 4) is 0 Å². The predicted octanol–water partition coefficient (Wildman–Crippen LogP) is 1.94. The molecular formula is C21H31N3O5. The maximum atomic E-state index is 12.9. The summed E-state index contributed by atoms with van der Waals surface area (Å²) in [5.74, 6) is 1.15. The highest BCUT2D eigenvalue weighted by Crippen LogP contribution is 2.39. The first-order valence-electron chi connectivity index (χ1n) is 10.7. The van der Waals surface area contributed by atoms with E-state index < -0.39 is 0 Å².